The van der Waals surface area contributed by atoms with Crippen molar-refractivity contribution in [3.63, 3.8) is 0 Å². The van der Waals surface area contributed by atoms with E-state index in [0.717, 1.165) is 28.3 Å². The van der Waals surface area contributed by atoms with Gasteiger partial charge < -0.3 is 18.9 Å². The van der Waals surface area contributed by atoms with Gasteiger partial charge in [0, 0.05) is 0 Å². The molecule has 0 bridgehead atoms. The number of rotatable bonds is 8. The zero-order valence-electron chi connectivity index (χ0n) is 21.8. The minimum Gasteiger partial charge on any atom is -0.490 e. The fourth-order valence-electron chi connectivity index (χ4n) is 4.31. The summed E-state index contributed by atoms with van der Waals surface area (Å²) < 4.78 is 22.8. The van der Waals surface area contributed by atoms with E-state index < -0.39 is 0 Å². The smallest absolute Gasteiger partial charge is 0.271 e. The first-order valence-corrected chi connectivity index (χ1v) is 13.7. The Balaban J connectivity index is 1.26. The summed E-state index contributed by atoms with van der Waals surface area (Å²) in [6.07, 6.45) is 1.86. The van der Waals surface area contributed by atoms with E-state index in [4.69, 9.17) is 23.9 Å². The highest BCUT2D eigenvalue weighted by atomic mass is 32.2. The van der Waals surface area contributed by atoms with Gasteiger partial charge in [0.15, 0.2) is 28.2 Å². The first-order chi connectivity index (χ1) is 19.7. The Morgan fingerprint density at radius 1 is 0.875 bits per heavy atom. The SMILES string of the molecule is CCOc1cc(/C=C2/SC(=Nc3ccccc3)N(c3ccccc3)C2=O)ccc1OCc1ccc2c(c1)OCO2. The number of amidine groups is 1. The minimum atomic E-state index is -0.132. The number of hydrogen-bond acceptors (Lipinski definition) is 7. The molecule has 0 atom stereocenters. The number of fused-ring (bicyclic) bond motifs is 1. The van der Waals surface area contributed by atoms with Crippen LogP contribution in [0.5, 0.6) is 23.0 Å². The van der Waals surface area contributed by atoms with Crippen LogP contribution in [0.2, 0.25) is 0 Å². The molecule has 2 heterocycles. The molecule has 4 aromatic carbocycles. The zero-order chi connectivity index (χ0) is 27.3. The Morgan fingerprint density at radius 2 is 1.65 bits per heavy atom. The second-order valence-electron chi connectivity index (χ2n) is 8.93. The summed E-state index contributed by atoms with van der Waals surface area (Å²) in [5, 5.41) is 0.599. The molecule has 0 aromatic heterocycles. The van der Waals surface area contributed by atoms with Gasteiger partial charge in [0.1, 0.15) is 6.61 Å². The van der Waals surface area contributed by atoms with E-state index in [-0.39, 0.29) is 12.7 Å². The number of hydrogen-bond donors (Lipinski definition) is 0. The van der Waals surface area contributed by atoms with Gasteiger partial charge in [-0.3, -0.25) is 9.69 Å². The molecule has 4 aromatic rings. The summed E-state index contributed by atoms with van der Waals surface area (Å²) in [7, 11) is 0. The first-order valence-electron chi connectivity index (χ1n) is 12.9. The van der Waals surface area contributed by atoms with Crippen LogP contribution < -0.4 is 23.8 Å². The number of ether oxygens (including phenoxy) is 4. The molecule has 0 aliphatic carbocycles. The molecule has 8 heteroatoms. The van der Waals surface area contributed by atoms with Crippen LogP contribution in [0, 0.1) is 0 Å². The van der Waals surface area contributed by atoms with Gasteiger partial charge in [-0.05, 0) is 84.4 Å². The molecule has 1 fully saturated rings. The molecule has 7 nitrogen and oxygen atoms in total. The summed E-state index contributed by atoms with van der Waals surface area (Å²) in [5.41, 5.74) is 3.32. The van der Waals surface area contributed by atoms with Gasteiger partial charge in [-0.15, -0.1) is 0 Å². The summed E-state index contributed by atoms with van der Waals surface area (Å²) in [6, 6.07) is 30.6. The largest absolute Gasteiger partial charge is 0.490 e. The Kier molecular flexibility index (Phi) is 7.41. The van der Waals surface area contributed by atoms with Crippen LogP contribution in [0.25, 0.3) is 6.08 Å². The second kappa shape index (κ2) is 11.6. The summed E-state index contributed by atoms with van der Waals surface area (Å²) in [4.78, 5) is 20.6. The molecule has 1 saturated heterocycles. The van der Waals surface area contributed by atoms with Crippen molar-refractivity contribution in [3.05, 3.63) is 113 Å². The van der Waals surface area contributed by atoms with Crippen LogP contribution in [0.4, 0.5) is 11.4 Å². The predicted octanol–water partition coefficient (Wildman–Crippen LogP) is 7.20. The number of nitrogens with zero attached hydrogens (tertiary/aromatic N) is 2. The lowest BCUT2D eigenvalue weighted by Crippen LogP contribution is -2.28. The molecular weight excluding hydrogens is 524 g/mol. The highest BCUT2D eigenvalue weighted by Gasteiger charge is 2.34. The standard InChI is InChI=1S/C32H26N2O5S/c1-2-36-28-17-22(13-15-26(28)37-20-23-14-16-27-29(18-23)39-21-38-27)19-30-31(35)34(25-11-7-4-8-12-25)32(40-30)33-24-9-5-3-6-10-24/h3-19H,2,20-21H2,1H3/b30-19+,33-32?. The van der Waals surface area contributed by atoms with Crippen LogP contribution in [0.3, 0.4) is 0 Å². The number of benzene rings is 4. The third kappa shape index (κ3) is 5.53. The molecule has 2 aliphatic heterocycles. The number of aliphatic imine (C=N–C) groups is 1. The van der Waals surface area contributed by atoms with Gasteiger partial charge >= 0.3 is 0 Å². The fraction of sp³-hybridized carbons (Fsp3) is 0.125. The Labute approximate surface area is 236 Å². The van der Waals surface area contributed by atoms with Crippen molar-refractivity contribution in [1.29, 1.82) is 0 Å². The van der Waals surface area contributed by atoms with E-state index in [2.05, 4.69) is 0 Å². The summed E-state index contributed by atoms with van der Waals surface area (Å²) in [5.74, 6) is 2.53. The molecule has 0 unspecified atom stereocenters. The summed E-state index contributed by atoms with van der Waals surface area (Å²) >= 11 is 1.35. The Bertz CT molecular complexity index is 1590. The quantitative estimate of drug-likeness (QED) is 0.216. The third-order valence-corrected chi connectivity index (χ3v) is 7.17. The summed E-state index contributed by atoms with van der Waals surface area (Å²) in [6.45, 7) is 2.97. The van der Waals surface area contributed by atoms with Gasteiger partial charge in [0.05, 0.1) is 22.9 Å². The zero-order valence-corrected chi connectivity index (χ0v) is 22.6. The van der Waals surface area contributed by atoms with Crippen molar-refractivity contribution in [2.45, 2.75) is 13.5 Å². The second-order valence-corrected chi connectivity index (χ2v) is 9.94. The third-order valence-electron chi connectivity index (χ3n) is 6.20. The fourth-order valence-corrected chi connectivity index (χ4v) is 5.31. The molecule has 200 valence electrons. The van der Waals surface area contributed by atoms with Crippen LogP contribution in [0.1, 0.15) is 18.1 Å². The lowest BCUT2D eigenvalue weighted by Gasteiger charge is -2.15. The van der Waals surface area contributed by atoms with Gasteiger partial charge in [-0.25, -0.2) is 4.99 Å². The molecule has 1 amide bonds. The number of thioether (sulfide) groups is 1. The predicted molar refractivity (Wildman–Crippen MR) is 158 cm³/mol. The van der Waals surface area contributed by atoms with Crippen LogP contribution in [0.15, 0.2) is 107 Å². The average Bonchev–Trinajstić information content (AvgIpc) is 3.57. The maximum Gasteiger partial charge on any atom is 0.271 e. The van der Waals surface area contributed by atoms with E-state index in [9.17, 15) is 4.79 Å². The van der Waals surface area contributed by atoms with E-state index >= 15 is 0 Å². The molecule has 0 spiro atoms. The monoisotopic (exact) mass is 550 g/mol. The van der Waals surface area contributed by atoms with E-state index in [1.165, 1.54) is 11.8 Å². The number of para-hydroxylation sites is 2. The van der Waals surface area contributed by atoms with Gasteiger partial charge in [0.25, 0.3) is 5.91 Å². The lowest BCUT2D eigenvalue weighted by molar-refractivity contribution is -0.113. The topological polar surface area (TPSA) is 69.6 Å². The molecule has 2 aliphatic rings. The van der Waals surface area contributed by atoms with Gasteiger partial charge in [0.2, 0.25) is 6.79 Å². The highest BCUT2D eigenvalue weighted by molar-refractivity contribution is 8.19. The van der Waals surface area contributed by atoms with Gasteiger partial charge in [-0.1, -0.05) is 48.5 Å². The number of anilines is 1. The van der Waals surface area contributed by atoms with Crippen molar-refractivity contribution < 1.29 is 23.7 Å². The molecule has 6 rings (SSSR count). The molecule has 0 N–H and O–H groups in total. The molecular formula is C32H26N2O5S. The normalized spacial score (nSPS) is 16.1. The van der Waals surface area contributed by atoms with Crippen LogP contribution in [-0.2, 0) is 11.4 Å². The van der Waals surface area contributed by atoms with Crippen molar-refractivity contribution >= 4 is 40.3 Å². The van der Waals surface area contributed by atoms with Crippen molar-refractivity contribution in [1.82, 2.24) is 0 Å². The maximum absolute atomic E-state index is 13.6. The number of carbonyl (C=O) groups excluding carboxylic acids is 1. The first kappa shape index (κ1) is 25.6. The van der Waals surface area contributed by atoms with Crippen molar-refractivity contribution in [3.8, 4) is 23.0 Å². The van der Waals surface area contributed by atoms with E-state index in [0.29, 0.717) is 40.5 Å². The van der Waals surface area contributed by atoms with E-state index in [1.54, 1.807) is 4.90 Å². The van der Waals surface area contributed by atoms with Crippen molar-refractivity contribution in [2.75, 3.05) is 18.3 Å². The molecule has 0 saturated carbocycles. The minimum absolute atomic E-state index is 0.132. The van der Waals surface area contributed by atoms with Crippen molar-refractivity contribution in [2.24, 2.45) is 4.99 Å². The van der Waals surface area contributed by atoms with Crippen LogP contribution >= 0.6 is 11.8 Å². The molecule has 40 heavy (non-hydrogen) atoms. The average molecular weight is 551 g/mol. The lowest BCUT2D eigenvalue weighted by atomic mass is 10.1. The van der Waals surface area contributed by atoms with E-state index in [1.807, 2.05) is 110 Å². The number of carbonyl (C=O) groups is 1. The molecule has 0 radical (unpaired) electrons. The Hall–Kier alpha value is -4.69. The Morgan fingerprint density at radius 3 is 2.45 bits per heavy atom. The highest BCUT2D eigenvalue weighted by Crippen LogP contribution is 2.39. The number of amides is 1. The maximum atomic E-state index is 13.6. The van der Waals surface area contributed by atoms with Crippen LogP contribution in [-0.4, -0.2) is 24.5 Å². The van der Waals surface area contributed by atoms with Gasteiger partial charge in [-0.2, -0.15) is 0 Å².